The van der Waals surface area contributed by atoms with Crippen LogP contribution in [0.5, 0.6) is 0 Å². The summed E-state index contributed by atoms with van der Waals surface area (Å²) < 4.78 is 5.57. The van der Waals surface area contributed by atoms with Crippen molar-refractivity contribution in [2.75, 3.05) is 13.2 Å². The average molecular weight is 481 g/mol. The number of carbonyl (C=O) groups is 3. The maximum absolute atomic E-state index is 12.4. The first-order valence-corrected chi connectivity index (χ1v) is 12.3. The monoisotopic (exact) mass is 480 g/mol. The van der Waals surface area contributed by atoms with E-state index in [1.54, 1.807) is 0 Å². The second-order valence-corrected chi connectivity index (χ2v) is 9.91. The quantitative estimate of drug-likeness (QED) is 0.392. The lowest BCUT2D eigenvalue weighted by atomic mass is 9.84. The van der Waals surface area contributed by atoms with Crippen molar-refractivity contribution in [1.82, 2.24) is 10.6 Å². The number of fused-ring (bicyclic) bond motifs is 3. The zero-order valence-corrected chi connectivity index (χ0v) is 20.8. The molecule has 35 heavy (non-hydrogen) atoms. The van der Waals surface area contributed by atoms with E-state index in [0.29, 0.717) is 32.2 Å². The summed E-state index contributed by atoms with van der Waals surface area (Å²) in [5.41, 5.74) is 4.52. The normalized spacial score (nSPS) is 13.5. The lowest BCUT2D eigenvalue weighted by molar-refractivity contribution is -0.142. The van der Waals surface area contributed by atoms with E-state index in [-0.39, 0.29) is 30.3 Å². The van der Waals surface area contributed by atoms with Gasteiger partial charge in [-0.25, -0.2) is 9.59 Å². The first-order valence-electron chi connectivity index (χ1n) is 12.3. The van der Waals surface area contributed by atoms with Crippen LogP contribution in [-0.4, -0.2) is 42.3 Å². The Bertz CT molecular complexity index is 1000. The Morgan fingerprint density at radius 1 is 1.00 bits per heavy atom. The Balaban J connectivity index is 1.42. The zero-order valence-electron chi connectivity index (χ0n) is 20.8. The molecule has 0 aliphatic heterocycles. The van der Waals surface area contributed by atoms with E-state index in [1.807, 2.05) is 45.0 Å². The summed E-state index contributed by atoms with van der Waals surface area (Å²) in [6, 6.07) is 15.6. The first kappa shape index (κ1) is 26.3. The third kappa shape index (κ3) is 7.07. The molecule has 2 aromatic carbocycles. The molecule has 188 valence electrons. The van der Waals surface area contributed by atoms with Crippen molar-refractivity contribution in [1.29, 1.82) is 0 Å². The number of carboxylic acid groups (broad SMARTS) is 1. The van der Waals surface area contributed by atoms with Gasteiger partial charge in [-0.05, 0) is 46.9 Å². The predicted octanol–water partition coefficient (Wildman–Crippen LogP) is 5.09. The second-order valence-electron chi connectivity index (χ2n) is 9.91. The molecule has 3 N–H and O–H groups in total. The molecule has 2 amide bonds. The third-order valence-electron chi connectivity index (χ3n) is 6.65. The van der Waals surface area contributed by atoms with Crippen LogP contribution >= 0.6 is 0 Å². The zero-order chi connectivity index (χ0) is 25.4. The molecule has 1 aliphatic rings. The molecule has 0 fully saturated rings. The van der Waals surface area contributed by atoms with Crippen LogP contribution in [0, 0.1) is 5.41 Å². The van der Waals surface area contributed by atoms with Gasteiger partial charge in [-0.3, -0.25) is 4.79 Å². The Morgan fingerprint density at radius 3 is 2.17 bits per heavy atom. The fourth-order valence-electron chi connectivity index (χ4n) is 4.54. The van der Waals surface area contributed by atoms with Gasteiger partial charge in [0.1, 0.15) is 12.6 Å². The maximum Gasteiger partial charge on any atom is 0.407 e. The first-order chi connectivity index (χ1) is 16.7. The number of hydrogen-bond donors (Lipinski definition) is 3. The van der Waals surface area contributed by atoms with Crippen molar-refractivity contribution in [3.05, 3.63) is 59.7 Å². The molecule has 7 heteroatoms. The molecule has 0 heterocycles. The number of carboxylic acids is 1. The Hall–Kier alpha value is -3.35. The van der Waals surface area contributed by atoms with Crippen LogP contribution < -0.4 is 10.6 Å². The number of benzene rings is 2. The predicted molar refractivity (Wildman–Crippen MR) is 135 cm³/mol. The second kappa shape index (κ2) is 11.9. The van der Waals surface area contributed by atoms with Gasteiger partial charge in [0.15, 0.2) is 0 Å². The summed E-state index contributed by atoms with van der Waals surface area (Å²) in [5.74, 6) is -1.25. The van der Waals surface area contributed by atoms with Gasteiger partial charge < -0.3 is 20.5 Å². The molecule has 0 unspecified atom stereocenters. The molecule has 0 spiro atoms. The summed E-state index contributed by atoms with van der Waals surface area (Å²) >= 11 is 0. The van der Waals surface area contributed by atoms with Crippen LogP contribution in [0.3, 0.4) is 0 Å². The van der Waals surface area contributed by atoms with Crippen LogP contribution in [0.2, 0.25) is 0 Å². The van der Waals surface area contributed by atoms with Crippen LogP contribution in [0.15, 0.2) is 48.5 Å². The molecule has 0 bridgehead atoms. The largest absolute Gasteiger partial charge is 0.480 e. The van der Waals surface area contributed by atoms with E-state index in [0.717, 1.165) is 0 Å². The summed E-state index contributed by atoms with van der Waals surface area (Å²) in [5, 5.41) is 14.6. The number of ether oxygens (including phenoxy) is 1. The van der Waals surface area contributed by atoms with E-state index in [4.69, 9.17) is 4.74 Å². The minimum atomic E-state index is -1.01. The Labute approximate surface area is 207 Å². The van der Waals surface area contributed by atoms with Gasteiger partial charge >= 0.3 is 12.1 Å². The van der Waals surface area contributed by atoms with Gasteiger partial charge in [0.2, 0.25) is 5.91 Å². The van der Waals surface area contributed by atoms with E-state index in [1.165, 1.54) is 22.3 Å². The lowest BCUT2D eigenvalue weighted by Crippen LogP contribution is -2.41. The van der Waals surface area contributed by atoms with E-state index in [9.17, 15) is 19.5 Å². The number of hydrogen-bond acceptors (Lipinski definition) is 4. The molecular formula is C28H36N2O5. The summed E-state index contributed by atoms with van der Waals surface area (Å²) in [7, 11) is 0. The van der Waals surface area contributed by atoms with Crippen molar-refractivity contribution in [3.8, 4) is 11.1 Å². The van der Waals surface area contributed by atoms with Crippen molar-refractivity contribution >= 4 is 18.0 Å². The molecule has 3 rings (SSSR count). The van der Waals surface area contributed by atoms with Crippen molar-refractivity contribution < 1.29 is 24.2 Å². The van der Waals surface area contributed by atoms with E-state index in [2.05, 4.69) is 34.9 Å². The lowest BCUT2D eigenvalue weighted by Gasteiger charge is -2.25. The smallest absolute Gasteiger partial charge is 0.407 e. The van der Waals surface area contributed by atoms with Crippen molar-refractivity contribution in [2.24, 2.45) is 5.41 Å². The van der Waals surface area contributed by atoms with Crippen molar-refractivity contribution in [2.45, 2.75) is 64.8 Å². The Morgan fingerprint density at radius 2 is 1.60 bits per heavy atom. The average Bonchev–Trinajstić information content (AvgIpc) is 3.15. The fourth-order valence-corrected chi connectivity index (χ4v) is 4.54. The highest BCUT2D eigenvalue weighted by atomic mass is 16.5. The number of rotatable bonds is 12. The van der Waals surface area contributed by atoms with Gasteiger partial charge in [0.25, 0.3) is 0 Å². The van der Waals surface area contributed by atoms with Crippen molar-refractivity contribution in [3.63, 3.8) is 0 Å². The summed E-state index contributed by atoms with van der Waals surface area (Å²) in [6.07, 6.45) is 2.14. The van der Waals surface area contributed by atoms with Crippen LogP contribution in [0.25, 0.3) is 11.1 Å². The molecule has 0 aromatic heterocycles. The van der Waals surface area contributed by atoms with E-state index < -0.39 is 18.1 Å². The third-order valence-corrected chi connectivity index (χ3v) is 6.65. The topological polar surface area (TPSA) is 105 Å². The highest BCUT2D eigenvalue weighted by Crippen LogP contribution is 2.44. The van der Waals surface area contributed by atoms with Crippen LogP contribution in [-0.2, 0) is 14.3 Å². The summed E-state index contributed by atoms with van der Waals surface area (Å²) in [4.78, 5) is 35.8. The maximum atomic E-state index is 12.4. The van der Waals surface area contributed by atoms with Crippen LogP contribution in [0.4, 0.5) is 4.79 Å². The number of amides is 2. The molecule has 2 aromatic rings. The fraction of sp³-hybridized carbons (Fsp3) is 0.464. The molecule has 0 saturated heterocycles. The van der Waals surface area contributed by atoms with Crippen LogP contribution in [0.1, 0.15) is 69.9 Å². The molecule has 7 nitrogen and oxygen atoms in total. The SMILES string of the molecule is CCC[C@@H](NC(=O)CCC(C)(C)CCNC(=O)OCC1c2ccccc2-c2ccccc21)C(=O)O. The highest BCUT2D eigenvalue weighted by Gasteiger charge is 2.29. The molecular weight excluding hydrogens is 444 g/mol. The molecule has 0 saturated carbocycles. The van der Waals surface area contributed by atoms with Gasteiger partial charge in [0, 0.05) is 18.9 Å². The number of nitrogens with one attached hydrogen (secondary N) is 2. The standard InChI is InChI=1S/C28H36N2O5/c1-4-9-24(26(32)33)30-25(31)14-15-28(2,3)16-17-29-27(34)35-18-23-21-12-7-5-10-19(21)20-11-6-8-13-22(20)23/h5-8,10-13,23-24H,4,9,14-18H2,1-3H3,(H,29,34)(H,30,31)(H,32,33)/t24-/m1/s1. The van der Waals surface area contributed by atoms with Gasteiger partial charge in [-0.2, -0.15) is 0 Å². The van der Waals surface area contributed by atoms with Gasteiger partial charge in [0.05, 0.1) is 0 Å². The van der Waals surface area contributed by atoms with Gasteiger partial charge in [-0.1, -0.05) is 75.7 Å². The van der Waals surface area contributed by atoms with Gasteiger partial charge in [-0.15, -0.1) is 0 Å². The van der Waals surface area contributed by atoms with E-state index >= 15 is 0 Å². The number of carbonyl (C=O) groups excluding carboxylic acids is 2. The minimum absolute atomic E-state index is 0.0189. The molecule has 0 radical (unpaired) electrons. The Kier molecular flexibility index (Phi) is 8.90. The molecule has 1 aliphatic carbocycles. The number of aliphatic carboxylic acids is 1. The summed E-state index contributed by atoms with van der Waals surface area (Å²) in [6.45, 7) is 6.64. The highest BCUT2D eigenvalue weighted by molar-refractivity contribution is 5.83. The molecule has 1 atom stereocenters. The minimum Gasteiger partial charge on any atom is -0.480 e. The number of alkyl carbamates (subject to hydrolysis) is 1.